The van der Waals surface area contributed by atoms with E-state index in [9.17, 15) is 4.79 Å². The molecule has 0 aliphatic carbocycles. The van der Waals surface area contributed by atoms with Crippen molar-refractivity contribution in [3.63, 3.8) is 0 Å². The van der Waals surface area contributed by atoms with Gasteiger partial charge in [0, 0.05) is 5.56 Å². The molecule has 2 aromatic rings. The molecule has 104 valence electrons. The molecule has 2 rings (SSSR count). The third kappa shape index (κ3) is 3.05. The number of hydrogen-bond donors (Lipinski definition) is 1. The van der Waals surface area contributed by atoms with Crippen LogP contribution in [0.15, 0.2) is 36.7 Å². The highest BCUT2D eigenvalue weighted by Gasteiger charge is 2.22. The number of halogens is 1. The molecule has 0 aliphatic heterocycles. The Hall–Kier alpha value is -2.14. The first-order valence-corrected chi connectivity index (χ1v) is 6.37. The zero-order chi connectivity index (χ0) is 14.5. The Morgan fingerprint density at radius 2 is 2.00 bits per heavy atom. The lowest BCUT2D eigenvalue weighted by Crippen LogP contribution is -2.23. The lowest BCUT2D eigenvalue weighted by atomic mass is 10.1. The SMILES string of the molecule is COC(=O)C(Nc1ncnc(Cl)c1C)c1ccccc1. The molecule has 6 heteroatoms. The number of benzene rings is 1. The summed E-state index contributed by atoms with van der Waals surface area (Å²) in [6.07, 6.45) is 1.34. The average molecular weight is 292 g/mol. The van der Waals surface area contributed by atoms with Gasteiger partial charge in [0.1, 0.15) is 17.3 Å². The Balaban J connectivity index is 2.34. The molecule has 1 N–H and O–H groups in total. The summed E-state index contributed by atoms with van der Waals surface area (Å²) in [5, 5.41) is 3.39. The van der Waals surface area contributed by atoms with Crippen LogP contribution in [0.4, 0.5) is 5.82 Å². The first-order chi connectivity index (χ1) is 9.63. The summed E-state index contributed by atoms with van der Waals surface area (Å²) >= 11 is 5.95. The van der Waals surface area contributed by atoms with E-state index in [4.69, 9.17) is 16.3 Å². The topological polar surface area (TPSA) is 64.1 Å². The van der Waals surface area contributed by atoms with Crippen molar-refractivity contribution in [3.8, 4) is 0 Å². The Labute approximate surface area is 122 Å². The number of esters is 1. The highest BCUT2D eigenvalue weighted by Crippen LogP contribution is 2.24. The van der Waals surface area contributed by atoms with Crippen LogP contribution in [0, 0.1) is 6.92 Å². The quantitative estimate of drug-likeness (QED) is 0.693. The van der Waals surface area contributed by atoms with Crippen LogP contribution in [0.3, 0.4) is 0 Å². The van der Waals surface area contributed by atoms with Gasteiger partial charge in [0.15, 0.2) is 6.04 Å². The second kappa shape index (κ2) is 6.34. The molecule has 1 heterocycles. The maximum absolute atomic E-state index is 12.0. The van der Waals surface area contributed by atoms with Crippen LogP contribution < -0.4 is 5.32 Å². The highest BCUT2D eigenvalue weighted by molar-refractivity contribution is 6.30. The predicted octanol–water partition coefficient (Wildman–Crippen LogP) is 2.76. The van der Waals surface area contributed by atoms with Gasteiger partial charge in [-0.3, -0.25) is 0 Å². The minimum absolute atomic E-state index is 0.346. The van der Waals surface area contributed by atoms with E-state index in [1.165, 1.54) is 13.4 Å². The lowest BCUT2D eigenvalue weighted by Gasteiger charge is -2.18. The fourth-order valence-electron chi connectivity index (χ4n) is 1.75. The first kappa shape index (κ1) is 14.3. The van der Waals surface area contributed by atoms with Crippen LogP contribution in [-0.4, -0.2) is 23.0 Å². The van der Waals surface area contributed by atoms with Gasteiger partial charge in [0.05, 0.1) is 7.11 Å². The van der Waals surface area contributed by atoms with Gasteiger partial charge in [-0.1, -0.05) is 41.9 Å². The molecule has 0 fully saturated rings. The van der Waals surface area contributed by atoms with E-state index in [0.717, 1.165) is 5.56 Å². The molecule has 20 heavy (non-hydrogen) atoms. The van der Waals surface area contributed by atoms with Crippen molar-refractivity contribution in [1.82, 2.24) is 9.97 Å². The van der Waals surface area contributed by atoms with Crippen LogP contribution in [0.25, 0.3) is 0 Å². The molecule has 1 aromatic carbocycles. The normalized spacial score (nSPS) is 11.8. The predicted molar refractivity (Wildman–Crippen MR) is 76.6 cm³/mol. The number of methoxy groups -OCH3 is 1. The van der Waals surface area contributed by atoms with Crippen molar-refractivity contribution in [2.24, 2.45) is 0 Å². The summed E-state index contributed by atoms with van der Waals surface area (Å²) in [6.45, 7) is 1.78. The van der Waals surface area contributed by atoms with E-state index < -0.39 is 12.0 Å². The molecular weight excluding hydrogens is 278 g/mol. The molecule has 0 radical (unpaired) electrons. The number of ether oxygens (including phenoxy) is 1. The molecule has 0 saturated carbocycles. The fraction of sp³-hybridized carbons (Fsp3) is 0.214. The second-order valence-electron chi connectivity index (χ2n) is 4.15. The largest absolute Gasteiger partial charge is 0.467 e. The van der Waals surface area contributed by atoms with Crippen molar-refractivity contribution < 1.29 is 9.53 Å². The second-order valence-corrected chi connectivity index (χ2v) is 4.51. The lowest BCUT2D eigenvalue weighted by molar-refractivity contribution is -0.141. The Bertz CT molecular complexity index is 605. The van der Waals surface area contributed by atoms with Gasteiger partial charge >= 0.3 is 5.97 Å². The average Bonchev–Trinajstić information content (AvgIpc) is 2.49. The van der Waals surface area contributed by atoms with E-state index in [1.54, 1.807) is 6.92 Å². The molecular formula is C14H14ClN3O2. The highest BCUT2D eigenvalue weighted by atomic mass is 35.5. The number of nitrogens with one attached hydrogen (secondary N) is 1. The van der Waals surface area contributed by atoms with Crippen molar-refractivity contribution in [3.05, 3.63) is 52.9 Å². The van der Waals surface area contributed by atoms with Gasteiger partial charge in [0.2, 0.25) is 0 Å². The number of hydrogen-bond acceptors (Lipinski definition) is 5. The Morgan fingerprint density at radius 1 is 1.30 bits per heavy atom. The summed E-state index contributed by atoms with van der Waals surface area (Å²) < 4.78 is 4.83. The van der Waals surface area contributed by atoms with Gasteiger partial charge in [-0.2, -0.15) is 0 Å². The van der Waals surface area contributed by atoms with Crippen molar-refractivity contribution in [2.75, 3.05) is 12.4 Å². The molecule has 0 aliphatic rings. The first-order valence-electron chi connectivity index (χ1n) is 6.00. The van der Waals surface area contributed by atoms with Gasteiger partial charge in [-0.25, -0.2) is 14.8 Å². The van der Waals surface area contributed by atoms with Gasteiger partial charge in [0.25, 0.3) is 0 Å². The van der Waals surface area contributed by atoms with Crippen LogP contribution in [-0.2, 0) is 9.53 Å². The van der Waals surface area contributed by atoms with Crippen LogP contribution in [0.2, 0.25) is 5.15 Å². The number of anilines is 1. The summed E-state index contributed by atoms with van der Waals surface area (Å²) in [5.41, 5.74) is 1.47. The molecule has 0 bridgehead atoms. The van der Waals surface area contributed by atoms with Crippen LogP contribution in [0.5, 0.6) is 0 Å². The van der Waals surface area contributed by atoms with E-state index in [-0.39, 0.29) is 0 Å². The van der Waals surface area contributed by atoms with E-state index in [1.807, 2.05) is 30.3 Å². The zero-order valence-electron chi connectivity index (χ0n) is 11.1. The zero-order valence-corrected chi connectivity index (χ0v) is 11.9. The van der Waals surface area contributed by atoms with Gasteiger partial charge < -0.3 is 10.1 Å². The van der Waals surface area contributed by atoms with Crippen molar-refractivity contribution >= 4 is 23.4 Å². The van der Waals surface area contributed by atoms with E-state index in [2.05, 4.69) is 15.3 Å². The molecule has 5 nitrogen and oxygen atoms in total. The minimum Gasteiger partial charge on any atom is -0.467 e. The van der Waals surface area contributed by atoms with Crippen LogP contribution >= 0.6 is 11.6 Å². The fourth-order valence-corrected chi connectivity index (χ4v) is 1.89. The van der Waals surface area contributed by atoms with Crippen LogP contribution in [0.1, 0.15) is 17.2 Å². The van der Waals surface area contributed by atoms with Crippen molar-refractivity contribution in [2.45, 2.75) is 13.0 Å². The molecule has 1 unspecified atom stereocenters. The van der Waals surface area contributed by atoms with Crippen molar-refractivity contribution in [1.29, 1.82) is 0 Å². The Kier molecular flexibility index (Phi) is 4.53. The summed E-state index contributed by atoms with van der Waals surface area (Å²) in [7, 11) is 1.35. The molecule has 1 atom stereocenters. The number of aromatic nitrogens is 2. The summed E-state index contributed by atoms with van der Waals surface area (Å²) in [5.74, 6) is 0.106. The molecule has 1 aromatic heterocycles. The smallest absolute Gasteiger partial charge is 0.333 e. The van der Waals surface area contributed by atoms with Gasteiger partial charge in [-0.05, 0) is 12.5 Å². The third-order valence-corrected chi connectivity index (χ3v) is 3.25. The Morgan fingerprint density at radius 3 is 2.65 bits per heavy atom. The standard InChI is InChI=1S/C14H14ClN3O2/c1-9-12(15)16-8-17-13(9)18-11(14(19)20-2)10-6-4-3-5-7-10/h3-8,11H,1-2H3,(H,16,17,18). The summed E-state index contributed by atoms with van der Waals surface area (Å²) in [6, 6.07) is 8.62. The molecule has 0 spiro atoms. The molecule has 0 saturated heterocycles. The maximum atomic E-state index is 12.0. The minimum atomic E-state index is -0.647. The number of carbonyl (C=O) groups excluding carboxylic acids is 1. The number of carbonyl (C=O) groups is 1. The number of nitrogens with zero attached hydrogens (tertiary/aromatic N) is 2. The summed E-state index contributed by atoms with van der Waals surface area (Å²) in [4.78, 5) is 19.9. The van der Waals surface area contributed by atoms with E-state index >= 15 is 0 Å². The number of rotatable bonds is 4. The third-order valence-electron chi connectivity index (χ3n) is 2.87. The van der Waals surface area contributed by atoms with Gasteiger partial charge in [-0.15, -0.1) is 0 Å². The monoisotopic (exact) mass is 291 g/mol. The van der Waals surface area contributed by atoms with E-state index in [0.29, 0.717) is 16.5 Å². The maximum Gasteiger partial charge on any atom is 0.333 e. The molecule has 0 amide bonds.